The molecule has 0 saturated carbocycles. The lowest BCUT2D eigenvalue weighted by Gasteiger charge is -2.11. The third-order valence-corrected chi connectivity index (χ3v) is 2.41. The Balaban J connectivity index is 2.59. The lowest BCUT2D eigenvalue weighted by atomic mass is 10.2. The van der Waals surface area contributed by atoms with Gasteiger partial charge in [0.2, 0.25) is 0 Å². The zero-order valence-electron chi connectivity index (χ0n) is 8.42. The molecule has 0 saturated heterocycles. The predicted octanol–water partition coefficient (Wildman–Crippen LogP) is 2.19. The van der Waals surface area contributed by atoms with Gasteiger partial charge < -0.3 is 10.4 Å². The summed E-state index contributed by atoms with van der Waals surface area (Å²) in [5.74, 6) is 1.13. The molecule has 1 heterocycles. The summed E-state index contributed by atoms with van der Waals surface area (Å²) in [7, 11) is 0. The Morgan fingerprint density at radius 3 is 2.93 bits per heavy atom. The second-order valence-corrected chi connectivity index (χ2v) is 4.40. The number of halogens is 1. The van der Waals surface area contributed by atoms with E-state index in [2.05, 4.69) is 26.2 Å². The molecule has 1 aromatic rings. The summed E-state index contributed by atoms with van der Waals surface area (Å²) < 4.78 is 0.982. The zero-order valence-corrected chi connectivity index (χ0v) is 10.0. The van der Waals surface area contributed by atoms with Gasteiger partial charge in [-0.1, -0.05) is 6.92 Å². The van der Waals surface area contributed by atoms with E-state index in [0.29, 0.717) is 0 Å². The molecule has 0 bridgehead atoms. The van der Waals surface area contributed by atoms with E-state index in [9.17, 15) is 0 Å². The van der Waals surface area contributed by atoms with Crippen LogP contribution in [0.4, 0.5) is 5.82 Å². The Bertz CT molecular complexity index is 304. The highest BCUT2D eigenvalue weighted by Crippen LogP contribution is 2.16. The molecule has 2 N–H and O–H groups in total. The molecule has 1 unspecified atom stereocenters. The van der Waals surface area contributed by atoms with Gasteiger partial charge in [-0.15, -0.1) is 0 Å². The third kappa shape index (κ3) is 3.27. The Morgan fingerprint density at radius 2 is 2.36 bits per heavy atom. The van der Waals surface area contributed by atoms with Gasteiger partial charge in [0.05, 0.1) is 0 Å². The molecule has 0 spiro atoms. The summed E-state index contributed by atoms with van der Waals surface area (Å²) in [4.78, 5) is 4.24. The van der Waals surface area contributed by atoms with Crippen molar-refractivity contribution >= 4 is 21.7 Å². The molecule has 14 heavy (non-hydrogen) atoms. The van der Waals surface area contributed by atoms with Gasteiger partial charge in [-0.2, -0.15) is 0 Å². The number of anilines is 1. The van der Waals surface area contributed by atoms with E-state index in [1.54, 1.807) is 6.20 Å². The number of rotatable bonds is 4. The van der Waals surface area contributed by atoms with Gasteiger partial charge in [0, 0.05) is 23.8 Å². The summed E-state index contributed by atoms with van der Waals surface area (Å²) in [6, 6.07) is 2.01. The quantitative estimate of drug-likeness (QED) is 0.871. The Labute approximate surface area is 92.7 Å². The number of aromatic nitrogens is 1. The monoisotopic (exact) mass is 258 g/mol. The van der Waals surface area contributed by atoms with Crippen LogP contribution >= 0.6 is 15.9 Å². The summed E-state index contributed by atoms with van der Waals surface area (Å²) in [6.45, 7) is 4.93. The molecule has 4 heteroatoms. The van der Waals surface area contributed by atoms with Crippen LogP contribution in [0.15, 0.2) is 16.7 Å². The van der Waals surface area contributed by atoms with Crippen LogP contribution in [-0.4, -0.2) is 23.2 Å². The molecule has 0 aliphatic heterocycles. The minimum absolute atomic E-state index is 0.197. The van der Waals surface area contributed by atoms with Gasteiger partial charge in [0.1, 0.15) is 5.82 Å². The van der Waals surface area contributed by atoms with Gasteiger partial charge in [0.15, 0.2) is 0 Å². The number of hydrogen-bond donors (Lipinski definition) is 2. The van der Waals surface area contributed by atoms with Crippen molar-refractivity contribution in [3.05, 3.63) is 22.3 Å². The topological polar surface area (TPSA) is 45.2 Å². The third-order valence-electron chi connectivity index (χ3n) is 1.97. The average molecular weight is 259 g/mol. The highest BCUT2D eigenvalue weighted by atomic mass is 79.9. The van der Waals surface area contributed by atoms with E-state index in [1.165, 1.54) is 0 Å². The molecule has 1 aromatic heterocycles. The van der Waals surface area contributed by atoms with E-state index in [-0.39, 0.29) is 12.5 Å². The van der Waals surface area contributed by atoms with Crippen LogP contribution in [0, 0.1) is 12.8 Å². The first-order valence-electron chi connectivity index (χ1n) is 4.60. The molecule has 0 aliphatic rings. The van der Waals surface area contributed by atoms with Crippen molar-refractivity contribution in [2.75, 3.05) is 18.5 Å². The van der Waals surface area contributed by atoms with Gasteiger partial charge in [0.25, 0.3) is 0 Å². The Hall–Kier alpha value is -0.610. The fraction of sp³-hybridized carbons (Fsp3) is 0.500. The fourth-order valence-corrected chi connectivity index (χ4v) is 1.51. The molecule has 0 radical (unpaired) electrons. The number of nitrogens with one attached hydrogen (secondary N) is 1. The second kappa shape index (κ2) is 5.32. The number of pyridine rings is 1. The number of aliphatic hydroxyl groups is 1. The molecule has 1 atom stereocenters. The summed E-state index contributed by atoms with van der Waals surface area (Å²) in [5.41, 5.74) is 1.10. The van der Waals surface area contributed by atoms with Crippen molar-refractivity contribution in [2.24, 2.45) is 5.92 Å². The SMILES string of the molecule is Cc1cc(Br)cnc1NCC(C)CO. The first-order chi connectivity index (χ1) is 6.63. The van der Waals surface area contributed by atoms with E-state index < -0.39 is 0 Å². The number of hydrogen-bond acceptors (Lipinski definition) is 3. The lowest BCUT2D eigenvalue weighted by Crippen LogP contribution is -2.15. The fourth-order valence-electron chi connectivity index (χ4n) is 1.06. The van der Waals surface area contributed by atoms with Crippen LogP contribution in [0.3, 0.4) is 0 Å². The van der Waals surface area contributed by atoms with Crippen molar-refractivity contribution in [2.45, 2.75) is 13.8 Å². The number of nitrogens with zero attached hydrogens (tertiary/aromatic N) is 1. The van der Waals surface area contributed by atoms with Gasteiger partial charge in [-0.3, -0.25) is 0 Å². The van der Waals surface area contributed by atoms with E-state index in [1.807, 2.05) is 19.9 Å². The molecule has 0 amide bonds. The van der Waals surface area contributed by atoms with Crippen LogP contribution in [0.2, 0.25) is 0 Å². The van der Waals surface area contributed by atoms with Gasteiger partial charge in [-0.05, 0) is 40.4 Å². The molecule has 78 valence electrons. The van der Waals surface area contributed by atoms with Crippen molar-refractivity contribution in [3.63, 3.8) is 0 Å². The average Bonchev–Trinajstić information content (AvgIpc) is 2.16. The molecule has 0 aromatic carbocycles. The predicted molar refractivity (Wildman–Crippen MR) is 61.4 cm³/mol. The maximum Gasteiger partial charge on any atom is 0.128 e. The molecule has 3 nitrogen and oxygen atoms in total. The first kappa shape index (κ1) is 11.5. The maximum atomic E-state index is 8.86. The second-order valence-electron chi connectivity index (χ2n) is 3.49. The first-order valence-corrected chi connectivity index (χ1v) is 5.39. The zero-order chi connectivity index (χ0) is 10.6. The van der Waals surface area contributed by atoms with Crippen molar-refractivity contribution < 1.29 is 5.11 Å². The van der Waals surface area contributed by atoms with E-state index in [0.717, 1.165) is 22.4 Å². The summed E-state index contributed by atoms with van der Waals surface area (Å²) in [6.07, 6.45) is 1.76. The van der Waals surface area contributed by atoms with Crippen LogP contribution < -0.4 is 5.32 Å². The maximum absolute atomic E-state index is 8.86. The number of aliphatic hydroxyl groups excluding tert-OH is 1. The van der Waals surface area contributed by atoms with Crippen molar-refractivity contribution in [1.82, 2.24) is 4.98 Å². The van der Waals surface area contributed by atoms with Crippen LogP contribution in [0.25, 0.3) is 0 Å². The van der Waals surface area contributed by atoms with Crippen LogP contribution in [-0.2, 0) is 0 Å². The Morgan fingerprint density at radius 1 is 1.64 bits per heavy atom. The largest absolute Gasteiger partial charge is 0.396 e. The summed E-state index contributed by atoms with van der Waals surface area (Å²) in [5, 5.41) is 12.1. The minimum atomic E-state index is 0.197. The molecule has 0 fully saturated rings. The molecule has 0 aliphatic carbocycles. The lowest BCUT2D eigenvalue weighted by molar-refractivity contribution is 0.244. The van der Waals surface area contributed by atoms with Crippen LogP contribution in [0.5, 0.6) is 0 Å². The smallest absolute Gasteiger partial charge is 0.128 e. The highest BCUT2D eigenvalue weighted by Gasteiger charge is 2.03. The molecular weight excluding hydrogens is 244 g/mol. The minimum Gasteiger partial charge on any atom is -0.396 e. The van der Waals surface area contributed by atoms with Crippen LogP contribution in [0.1, 0.15) is 12.5 Å². The normalized spacial score (nSPS) is 12.6. The Kier molecular flexibility index (Phi) is 4.35. The van der Waals surface area contributed by atoms with Gasteiger partial charge >= 0.3 is 0 Å². The van der Waals surface area contributed by atoms with E-state index in [4.69, 9.17) is 5.11 Å². The molecule has 1 rings (SSSR count). The van der Waals surface area contributed by atoms with Crippen molar-refractivity contribution in [3.8, 4) is 0 Å². The van der Waals surface area contributed by atoms with E-state index >= 15 is 0 Å². The van der Waals surface area contributed by atoms with Crippen molar-refractivity contribution in [1.29, 1.82) is 0 Å². The standard InChI is InChI=1S/C10H15BrN2O/c1-7(6-14)4-12-10-8(2)3-9(11)5-13-10/h3,5,7,14H,4,6H2,1-2H3,(H,12,13). The number of aryl methyl sites for hydroxylation is 1. The highest BCUT2D eigenvalue weighted by molar-refractivity contribution is 9.10. The summed E-state index contributed by atoms with van der Waals surface area (Å²) >= 11 is 3.36. The molecular formula is C10H15BrN2O. The van der Waals surface area contributed by atoms with Gasteiger partial charge in [-0.25, -0.2) is 4.98 Å².